The minimum atomic E-state index is -0.215. The van der Waals surface area contributed by atoms with Gasteiger partial charge in [-0.25, -0.2) is 0 Å². The molecule has 0 fully saturated rings. The summed E-state index contributed by atoms with van der Waals surface area (Å²) in [7, 11) is 1.37. The van der Waals surface area contributed by atoms with Crippen LogP contribution in [0.5, 0.6) is 0 Å². The minimum absolute atomic E-state index is 0.0245. The van der Waals surface area contributed by atoms with Crippen molar-refractivity contribution < 1.29 is 14.3 Å². The Morgan fingerprint density at radius 2 is 2.17 bits per heavy atom. The number of amides is 1. The Kier molecular flexibility index (Phi) is 6.45. The third kappa shape index (κ3) is 5.97. The fourth-order valence-corrected chi connectivity index (χ4v) is 1.38. The van der Waals surface area contributed by atoms with Crippen molar-refractivity contribution in [1.29, 1.82) is 0 Å². The van der Waals surface area contributed by atoms with Gasteiger partial charge in [0.05, 0.1) is 19.9 Å². The monoisotopic (exact) mass is 254 g/mol. The lowest BCUT2D eigenvalue weighted by molar-refractivity contribution is -0.140. The first-order valence-electron chi connectivity index (χ1n) is 5.90. The lowest BCUT2D eigenvalue weighted by atomic mass is 10.2. The maximum absolute atomic E-state index is 11.4. The molecule has 0 saturated carbocycles. The van der Waals surface area contributed by atoms with E-state index in [9.17, 15) is 9.59 Å². The number of esters is 1. The van der Waals surface area contributed by atoms with Gasteiger partial charge < -0.3 is 10.1 Å². The molecule has 0 aliphatic carbocycles. The van der Waals surface area contributed by atoms with Gasteiger partial charge in [-0.1, -0.05) is 5.21 Å². The predicted octanol–water partition coefficient (Wildman–Crippen LogP) is 0.128. The van der Waals surface area contributed by atoms with Gasteiger partial charge in [0, 0.05) is 25.6 Å². The average Bonchev–Trinajstić information content (AvgIpc) is 2.88. The lowest BCUT2D eigenvalue weighted by Gasteiger charge is -2.04. The SMILES string of the molecule is COC(=O)CCCCNC(=O)CCn1ccnn1. The normalized spacial score (nSPS) is 10.1. The third-order valence-electron chi connectivity index (χ3n) is 2.40. The molecule has 0 atom stereocenters. The van der Waals surface area contributed by atoms with E-state index in [1.165, 1.54) is 7.11 Å². The van der Waals surface area contributed by atoms with E-state index in [4.69, 9.17) is 0 Å². The molecule has 0 aromatic carbocycles. The van der Waals surface area contributed by atoms with Gasteiger partial charge in [0.25, 0.3) is 0 Å². The Bertz CT molecular complexity index is 364. The summed E-state index contributed by atoms with van der Waals surface area (Å²) in [6, 6.07) is 0. The van der Waals surface area contributed by atoms with E-state index in [1.54, 1.807) is 17.1 Å². The van der Waals surface area contributed by atoms with Crippen molar-refractivity contribution in [2.24, 2.45) is 0 Å². The lowest BCUT2D eigenvalue weighted by Crippen LogP contribution is -2.25. The molecule has 0 spiro atoms. The smallest absolute Gasteiger partial charge is 0.305 e. The molecule has 18 heavy (non-hydrogen) atoms. The number of nitrogens with zero attached hydrogens (tertiary/aromatic N) is 3. The number of hydrogen-bond donors (Lipinski definition) is 1. The van der Waals surface area contributed by atoms with Crippen LogP contribution in [0.2, 0.25) is 0 Å². The number of hydrogen-bond acceptors (Lipinski definition) is 5. The first-order chi connectivity index (χ1) is 8.72. The van der Waals surface area contributed by atoms with E-state index in [1.807, 2.05) is 0 Å². The van der Waals surface area contributed by atoms with Crippen LogP contribution in [-0.2, 0) is 20.9 Å². The highest BCUT2D eigenvalue weighted by atomic mass is 16.5. The second-order valence-electron chi connectivity index (χ2n) is 3.80. The van der Waals surface area contributed by atoms with Gasteiger partial charge in [-0.3, -0.25) is 14.3 Å². The van der Waals surface area contributed by atoms with Crippen LogP contribution < -0.4 is 5.32 Å². The second kappa shape index (κ2) is 8.21. The molecule has 1 heterocycles. The van der Waals surface area contributed by atoms with Crippen molar-refractivity contribution in [3.8, 4) is 0 Å². The van der Waals surface area contributed by atoms with Gasteiger partial charge >= 0.3 is 5.97 Å². The summed E-state index contributed by atoms with van der Waals surface area (Å²) >= 11 is 0. The maximum Gasteiger partial charge on any atom is 0.305 e. The molecule has 0 bridgehead atoms. The van der Waals surface area contributed by atoms with Gasteiger partial charge in [0.15, 0.2) is 0 Å². The zero-order valence-corrected chi connectivity index (χ0v) is 10.5. The van der Waals surface area contributed by atoms with Crippen molar-refractivity contribution in [2.45, 2.75) is 32.2 Å². The number of aromatic nitrogens is 3. The van der Waals surface area contributed by atoms with Crippen LogP contribution in [0.25, 0.3) is 0 Å². The Morgan fingerprint density at radius 1 is 1.33 bits per heavy atom. The highest BCUT2D eigenvalue weighted by Crippen LogP contribution is 1.96. The van der Waals surface area contributed by atoms with Crippen molar-refractivity contribution in [2.75, 3.05) is 13.7 Å². The molecule has 1 aromatic heterocycles. The molecule has 7 heteroatoms. The van der Waals surface area contributed by atoms with E-state index in [0.29, 0.717) is 25.9 Å². The summed E-state index contributed by atoms with van der Waals surface area (Å²) in [4.78, 5) is 22.2. The summed E-state index contributed by atoms with van der Waals surface area (Å²) in [5, 5.41) is 10.2. The van der Waals surface area contributed by atoms with Crippen molar-refractivity contribution >= 4 is 11.9 Å². The van der Waals surface area contributed by atoms with Crippen LogP contribution in [0.15, 0.2) is 12.4 Å². The molecule has 0 saturated heterocycles. The summed E-state index contributed by atoms with van der Waals surface area (Å²) in [6.45, 7) is 1.10. The average molecular weight is 254 g/mol. The quantitative estimate of drug-likeness (QED) is 0.526. The summed E-state index contributed by atoms with van der Waals surface area (Å²) in [5.41, 5.74) is 0. The fourth-order valence-electron chi connectivity index (χ4n) is 1.38. The van der Waals surface area contributed by atoms with E-state index >= 15 is 0 Å². The number of unbranched alkanes of at least 4 members (excludes halogenated alkanes) is 1. The summed E-state index contributed by atoms with van der Waals surface area (Å²) < 4.78 is 6.12. The fraction of sp³-hybridized carbons (Fsp3) is 0.636. The Morgan fingerprint density at radius 3 is 2.83 bits per heavy atom. The van der Waals surface area contributed by atoms with Gasteiger partial charge in [-0.05, 0) is 12.8 Å². The first-order valence-corrected chi connectivity index (χ1v) is 5.90. The minimum Gasteiger partial charge on any atom is -0.469 e. The Hall–Kier alpha value is -1.92. The standard InChI is InChI=1S/C11H18N4O3/c1-18-11(17)4-2-3-6-12-10(16)5-8-15-9-7-13-14-15/h7,9H,2-6,8H2,1H3,(H,12,16). The Labute approximate surface area is 105 Å². The molecular weight excluding hydrogens is 236 g/mol. The molecule has 1 amide bonds. The molecule has 0 radical (unpaired) electrons. The van der Waals surface area contributed by atoms with Crippen LogP contribution in [0.4, 0.5) is 0 Å². The van der Waals surface area contributed by atoms with E-state index in [0.717, 1.165) is 12.8 Å². The zero-order valence-electron chi connectivity index (χ0n) is 10.5. The third-order valence-corrected chi connectivity index (χ3v) is 2.40. The number of rotatable bonds is 8. The van der Waals surface area contributed by atoms with Crippen LogP contribution >= 0.6 is 0 Å². The predicted molar refractivity (Wildman–Crippen MR) is 63.5 cm³/mol. The maximum atomic E-state index is 11.4. The number of methoxy groups -OCH3 is 1. The molecule has 7 nitrogen and oxygen atoms in total. The second-order valence-corrected chi connectivity index (χ2v) is 3.80. The van der Waals surface area contributed by atoms with Crippen LogP contribution in [-0.4, -0.2) is 40.5 Å². The molecule has 0 aliphatic heterocycles. The van der Waals surface area contributed by atoms with Gasteiger partial charge in [0.2, 0.25) is 5.91 Å². The number of aryl methyl sites for hydroxylation is 1. The van der Waals surface area contributed by atoms with E-state index < -0.39 is 0 Å². The number of nitrogens with one attached hydrogen (secondary N) is 1. The van der Waals surface area contributed by atoms with Gasteiger partial charge in [-0.15, -0.1) is 5.10 Å². The highest BCUT2D eigenvalue weighted by Gasteiger charge is 2.03. The number of carbonyl (C=O) groups is 2. The highest BCUT2D eigenvalue weighted by molar-refractivity contribution is 5.75. The number of carbonyl (C=O) groups excluding carboxylic acids is 2. The molecular formula is C11H18N4O3. The topological polar surface area (TPSA) is 86.1 Å². The van der Waals surface area contributed by atoms with Crippen LogP contribution in [0, 0.1) is 0 Å². The molecule has 0 aliphatic rings. The zero-order chi connectivity index (χ0) is 13.2. The molecule has 1 N–H and O–H groups in total. The van der Waals surface area contributed by atoms with Crippen molar-refractivity contribution in [1.82, 2.24) is 20.3 Å². The largest absolute Gasteiger partial charge is 0.469 e. The van der Waals surface area contributed by atoms with Gasteiger partial charge in [-0.2, -0.15) is 0 Å². The van der Waals surface area contributed by atoms with E-state index in [-0.39, 0.29) is 11.9 Å². The van der Waals surface area contributed by atoms with Crippen LogP contribution in [0.1, 0.15) is 25.7 Å². The Balaban J connectivity index is 1.98. The molecule has 1 aromatic rings. The summed E-state index contributed by atoms with van der Waals surface area (Å²) in [5.74, 6) is -0.240. The molecule has 1 rings (SSSR count). The molecule has 100 valence electrons. The van der Waals surface area contributed by atoms with Gasteiger partial charge in [0.1, 0.15) is 0 Å². The number of ether oxygens (including phenoxy) is 1. The first kappa shape index (κ1) is 14.1. The summed E-state index contributed by atoms with van der Waals surface area (Å²) in [6.07, 6.45) is 5.54. The molecule has 0 unspecified atom stereocenters. The van der Waals surface area contributed by atoms with E-state index in [2.05, 4.69) is 20.4 Å². The van der Waals surface area contributed by atoms with Crippen LogP contribution in [0.3, 0.4) is 0 Å². The van der Waals surface area contributed by atoms with Crippen molar-refractivity contribution in [3.05, 3.63) is 12.4 Å². The van der Waals surface area contributed by atoms with Crippen molar-refractivity contribution in [3.63, 3.8) is 0 Å².